The Balaban J connectivity index is 2.38. The van der Waals surface area contributed by atoms with Crippen LogP contribution in [0.25, 0.3) is 0 Å². The van der Waals surface area contributed by atoms with Gasteiger partial charge in [-0.05, 0) is 38.0 Å². The van der Waals surface area contributed by atoms with Crippen LogP contribution in [-0.2, 0) is 0 Å². The van der Waals surface area contributed by atoms with Gasteiger partial charge in [0, 0.05) is 11.8 Å². The van der Waals surface area contributed by atoms with Gasteiger partial charge in [-0.1, -0.05) is 29.8 Å². The molecule has 2 aromatic rings. The zero-order chi connectivity index (χ0) is 13.1. The molecule has 0 aliphatic carbocycles. The molecule has 0 spiro atoms. The Kier molecular flexibility index (Phi) is 3.42. The van der Waals surface area contributed by atoms with E-state index in [1.807, 2.05) is 51.1 Å². The molecule has 2 rings (SSSR count). The molecular formula is C15H16N2O. The van der Waals surface area contributed by atoms with Crippen LogP contribution in [0.4, 0.5) is 0 Å². The summed E-state index contributed by atoms with van der Waals surface area (Å²) in [4.78, 5) is 11.8. The third kappa shape index (κ3) is 2.74. The number of aryl methyl sites for hydroxylation is 3. The lowest BCUT2D eigenvalue weighted by atomic mass is 10.2. The molecule has 0 aliphatic heterocycles. The van der Waals surface area contributed by atoms with Crippen molar-refractivity contribution >= 4 is 6.21 Å². The summed E-state index contributed by atoms with van der Waals surface area (Å²) in [6.45, 7) is 5.81. The van der Waals surface area contributed by atoms with Crippen molar-refractivity contribution in [2.75, 3.05) is 0 Å². The summed E-state index contributed by atoms with van der Waals surface area (Å²) in [6, 6.07) is 11.5. The van der Waals surface area contributed by atoms with Gasteiger partial charge in [-0.3, -0.25) is 4.79 Å². The van der Waals surface area contributed by atoms with Crippen LogP contribution in [0.1, 0.15) is 22.4 Å². The molecule has 1 heterocycles. The standard InChI is InChI=1S/C15H16N2O/c1-11-5-4-6-14(8-11)10-16-17-13(3)7-12(2)9-15(17)18/h4-10H,1-3H3. The average molecular weight is 240 g/mol. The fourth-order valence-electron chi connectivity index (χ4n) is 1.88. The molecule has 0 unspecified atom stereocenters. The van der Waals surface area contributed by atoms with Crippen molar-refractivity contribution in [1.82, 2.24) is 4.68 Å². The van der Waals surface area contributed by atoms with E-state index in [-0.39, 0.29) is 5.56 Å². The number of benzene rings is 1. The molecule has 0 N–H and O–H groups in total. The molecule has 0 radical (unpaired) electrons. The lowest BCUT2D eigenvalue weighted by Crippen LogP contribution is -2.18. The molecule has 92 valence electrons. The van der Waals surface area contributed by atoms with Gasteiger partial charge in [-0.25, -0.2) is 4.68 Å². The van der Waals surface area contributed by atoms with Crippen LogP contribution in [0.15, 0.2) is 46.3 Å². The SMILES string of the molecule is Cc1cccc(C=Nn2c(C)cc(C)cc2=O)c1. The van der Waals surface area contributed by atoms with Crippen LogP contribution in [0.2, 0.25) is 0 Å². The number of pyridine rings is 1. The largest absolute Gasteiger partial charge is 0.271 e. The topological polar surface area (TPSA) is 34.4 Å². The lowest BCUT2D eigenvalue weighted by Gasteiger charge is -2.04. The van der Waals surface area contributed by atoms with Crippen molar-refractivity contribution in [3.63, 3.8) is 0 Å². The van der Waals surface area contributed by atoms with Gasteiger partial charge in [-0.15, -0.1) is 0 Å². The Morgan fingerprint density at radius 2 is 1.83 bits per heavy atom. The van der Waals surface area contributed by atoms with E-state index in [1.165, 1.54) is 10.2 Å². The van der Waals surface area contributed by atoms with Gasteiger partial charge in [0.25, 0.3) is 5.56 Å². The number of rotatable bonds is 2. The minimum atomic E-state index is -0.101. The van der Waals surface area contributed by atoms with Gasteiger partial charge in [0.15, 0.2) is 0 Å². The van der Waals surface area contributed by atoms with Crippen molar-refractivity contribution < 1.29 is 0 Å². The Morgan fingerprint density at radius 1 is 1.06 bits per heavy atom. The Hall–Kier alpha value is -2.16. The highest BCUT2D eigenvalue weighted by Gasteiger charge is 1.98. The Bertz CT molecular complexity index is 654. The van der Waals surface area contributed by atoms with Crippen molar-refractivity contribution in [1.29, 1.82) is 0 Å². The molecule has 0 bridgehead atoms. The summed E-state index contributed by atoms with van der Waals surface area (Å²) in [5.74, 6) is 0. The first kappa shape index (κ1) is 12.3. The van der Waals surface area contributed by atoms with Crippen LogP contribution in [0.5, 0.6) is 0 Å². The molecule has 3 nitrogen and oxygen atoms in total. The van der Waals surface area contributed by atoms with Gasteiger partial charge in [0.05, 0.1) is 6.21 Å². The predicted molar refractivity (Wildman–Crippen MR) is 74.3 cm³/mol. The third-order valence-electron chi connectivity index (χ3n) is 2.69. The second kappa shape index (κ2) is 5.00. The first-order valence-corrected chi connectivity index (χ1v) is 5.87. The molecule has 0 amide bonds. The summed E-state index contributed by atoms with van der Waals surface area (Å²) in [6.07, 6.45) is 1.71. The molecule has 18 heavy (non-hydrogen) atoms. The average Bonchev–Trinajstić information content (AvgIpc) is 2.27. The van der Waals surface area contributed by atoms with Crippen LogP contribution in [0, 0.1) is 20.8 Å². The maximum absolute atomic E-state index is 11.8. The number of nitrogens with zero attached hydrogens (tertiary/aromatic N) is 2. The molecular weight excluding hydrogens is 224 g/mol. The molecule has 0 saturated carbocycles. The zero-order valence-electron chi connectivity index (χ0n) is 10.8. The second-order valence-electron chi connectivity index (χ2n) is 4.48. The molecule has 0 atom stereocenters. The van der Waals surface area contributed by atoms with E-state index in [0.717, 1.165) is 16.8 Å². The van der Waals surface area contributed by atoms with E-state index in [9.17, 15) is 4.79 Å². The maximum atomic E-state index is 11.8. The van der Waals surface area contributed by atoms with E-state index in [1.54, 1.807) is 12.3 Å². The molecule has 3 heteroatoms. The highest BCUT2D eigenvalue weighted by molar-refractivity contribution is 5.79. The van der Waals surface area contributed by atoms with Crippen molar-refractivity contribution in [3.05, 3.63) is 69.1 Å². The van der Waals surface area contributed by atoms with Crippen molar-refractivity contribution in [2.45, 2.75) is 20.8 Å². The van der Waals surface area contributed by atoms with Crippen LogP contribution < -0.4 is 5.56 Å². The van der Waals surface area contributed by atoms with Gasteiger partial charge in [0.1, 0.15) is 0 Å². The van der Waals surface area contributed by atoms with E-state index in [0.29, 0.717) is 0 Å². The highest BCUT2D eigenvalue weighted by atomic mass is 16.1. The predicted octanol–water partition coefficient (Wildman–Crippen LogP) is 2.66. The van der Waals surface area contributed by atoms with E-state index >= 15 is 0 Å². The molecule has 0 fully saturated rings. The minimum absolute atomic E-state index is 0.101. The minimum Gasteiger partial charge on any atom is -0.267 e. The Morgan fingerprint density at radius 3 is 2.50 bits per heavy atom. The fourth-order valence-corrected chi connectivity index (χ4v) is 1.88. The fraction of sp³-hybridized carbons (Fsp3) is 0.200. The smallest absolute Gasteiger partial charge is 0.267 e. The monoisotopic (exact) mass is 240 g/mol. The van der Waals surface area contributed by atoms with Crippen LogP contribution in [-0.4, -0.2) is 10.9 Å². The summed E-state index contributed by atoms with van der Waals surface area (Å²) >= 11 is 0. The van der Waals surface area contributed by atoms with Gasteiger partial charge in [0.2, 0.25) is 0 Å². The summed E-state index contributed by atoms with van der Waals surface area (Å²) in [5.41, 5.74) is 3.86. The number of hydrogen-bond acceptors (Lipinski definition) is 2. The second-order valence-corrected chi connectivity index (χ2v) is 4.48. The van der Waals surface area contributed by atoms with Crippen LogP contribution >= 0.6 is 0 Å². The van der Waals surface area contributed by atoms with Gasteiger partial charge < -0.3 is 0 Å². The van der Waals surface area contributed by atoms with Gasteiger partial charge in [-0.2, -0.15) is 5.10 Å². The third-order valence-corrected chi connectivity index (χ3v) is 2.69. The Labute approximate surface area is 106 Å². The van der Waals surface area contributed by atoms with Crippen LogP contribution in [0.3, 0.4) is 0 Å². The molecule has 0 saturated heterocycles. The van der Waals surface area contributed by atoms with E-state index in [2.05, 4.69) is 5.10 Å². The zero-order valence-corrected chi connectivity index (χ0v) is 10.8. The molecule has 1 aromatic heterocycles. The molecule has 0 aliphatic rings. The van der Waals surface area contributed by atoms with E-state index < -0.39 is 0 Å². The maximum Gasteiger partial charge on any atom is 0.271 e. The number of hydrogen-bond donors (Lipinski definition) is 0. The molecule has 1 aromatic carbocycles. The van der Waals surface area contributed by atoms with E-state index in [4.69, 9.17) is 0 Å². The first-order valence-electron chi connectivity index (χ1n) is 5.87. The lowest BCUT2D eigenvalue weighted by molar-refractivity contribution is 0.791. The highest BCUT2D eigenvalue weighted by Crippen LogP contribution is 2.02. The quantitative estimate of drug-likeness (QED) is 0.743. The summed E-state index contributed by atoms with van der Waals surface area (Å²) < 4.78 is 1.41. The summed E-state index contributed by atoms with van der Waals surface area (Å²) in [5, 5.41) is 4.24. The number of aromatic nitrogens is 1. The normalized spacial score (nSPS) is 11.1. The first-order chi connectivity index (χ1) is 8.56. The van der Waals surface area contributed by atoms with Crippen molar-refractivity contribution in [3.8, 4) is 0 Å². The van der Waals surface area contributed by atoms with Gasteiger partial charge >= 0.3 is 0 Å². The summed E-state index contributed by atoms with van der Waals surface area (Å²) in [7, 11) is 0. The van der Waals surface area contributed by atoms with Crippen molar-refractivity contribution in [2.24, 2.45) is 5.10 Å².